The van der Waals surface area contributed by atoms with Crippen LogP contribution >= 0.6 is 24.0 Å². The van der Waals surface area contributed by atoms with Gasteiger partial charge in [0.05, 0.1) is 17.6 Å². The SMILES string of the molecule is Cl.O=C(CN1C[C@@H]2CCC[C@@]2(C(=O)O)C1)Nc1cc(Cl)ccc1F. The lowest BCUT2D eigenvalue weighted by Gasteiger charge is -2.23. The average Bonchev–Trinajstić information content (AvgIpc) is 3.00. The fourth-order valence-electron chi connectivity index (χ4n) is 3.85. The summed E-state index contributed by atoms with van der Waals surface area (Å²) in [7, 11) is 0. The van der Waals surface area contributed by atoms with E-state index in [1.54, 1.807) is 0 Å². The lowest BCUT2D eigenvalue weighted by Crippen LogP contribution is -2.37. The van der Waals surface area contributed by atoms with E-state index in [1.807, 2.05) is 4.90 Å². The van der Waals surface area contributed by atoms with Gasteiger partial charge in [-0.2, -0.15) is 0 Å². The van der Waals surface area contributed by atoms with E-state index in [2.05, 4.69) is 5.32 Å². The van der Waals surface area contributed by atoms with Crippen molar-refractivity contribution in [1.29, 1.82) is 0 Å². The Balaban J connectivity index is 0.00000208. The van der Waals surface area contributed by atoms with Crippen LogP contribution in [0.1, 0.15) is 19.3 Å². The van der Waals surface area contributed by atoms with Crippen LogP contribution in [0.5, 0.6) is 0 Å². The number of nitrogens with zero attached hydrogens (tertiary/aromatic N) is 1. The number of nitrogens with one attached hydrogen (secondary N) is 1. The zero-order valence-corrected chi connectivity index (χ0v) is 14.5. The smallest absolute Gasteiger partial charge is 0.311 e. The van der Waals surface area contributed by atoms with Crippen LogP contribution in [0.25, 0.3) is 0 Å². The van der Waals surface area contributed by atoms with Gasteiger partial charge in [0, 0.05) is 18.1 Å². The molecule has 0 spiro atoms. The van der Waals surface area contributed by atoms with Gasteiger partial charge < -0.3 is 10.4 Å². The first kappa shape index (κ1) is 19.0. The number of halogens is 3. The zero-order chi connectivity index (χ0) is 16.6. The molecule has 2 atom stereocenters. The largest absolute Gasteiger partial charge is 0.481 e. The molecule has 1 saturated carbocycles. The van der Waals surface area contributed by atoms with Crippen molar-refractivity contribution in [2.45, 2.75) is 19.3 Å². The molecular formula is C16H19Cl2FN2O3. The summed E-state index contributed by atoms with van der Waals surface area (Å²) in [6.45, 7) is 1.02. The number of likely N-dealkylation sites (tertiary alicyclic amines) is 1. The Hall–Kier alpha value is -1.37. The molecule has 1 heterocycles. The molecule has 132 valence electrons. The molecule has 5 nitrogen and oxygen atoms in total. The van der Waals surface area contributed by atoms with Crippen LogP contribution in [0, 0.1) is 17.2 Å². The predicted octanol–water partition coefficient (Wildman–Crippen LogP) is 3.03. The highest BCUT2D eigenvalue weighted by molar-refractivity contribution is 6.30. The molecule has 2 fully saturated rings. The highest BCUT2D eigenvalue weighted by atomic mass is 35.5. The Bertz CT molecular complexity index is 658. The van der Waals surface area contributed by atoms with Crippen LogP contribution in [0.3, 0.4) is 0 Å². The van der Waals surface area contributed by atoms with E-state index < -0.39 is 17.2 Å². The maximum absolute atomic E-state index is 13.6. The maximum atomic E-state index is 13.6. The summed E-state index contributed by atoms with van der Waals surface area (Å²) in [6.07, 6.45) is 2.46. The van der Waals surface area contributed by atoms with Gasteiger partial charge in [-0.3, -0.25) is 14.5 Å². The second kappa shape index (κ2) is 7.25. The topological polar surface area (TPSA) is 69.6 Å². The van der Waals surface area contributed by atoms with Crippen molar-refractivity contribution in [3.8, 4) is 0 Å². The third kappa shape index (κ3) is 3.50. The van der Waals surface area contributed by atoms with Crippen LogP contribution in [0.15, 0.2) is 18.2 Å². The number of hydrogen-bond donors (Lipinski definition) is 2. The second-order valence-electron chi connectivity index (χ2n) is 6.39. The van der Waals surface area contributed by atoms with Crippen LogP contribution in [0.4, 0.5) is 10.1 Å². The van der Waals surface area contributed by atoms with Crippen molar-refractivity contribution in [2.24, 2.45) is 11.3 Å². The maximum Gasteiger partial charge on any atom is 0.311 e. The number of carboxylic acids is 1. The minimum Gasteiger partial charge on any atom is -0.481 e. The summed E-state index contributed by atoms with van der Waals surface area (Å²) < 4.78 is 13.6. The van der Waals surface area contributed by atoms with E-state index in [9.17, 15) is 19.1 Å². The van der Waals surface area contributed by atoms with E-state index >= 15 is 0 Å². The molecule has 0 radical (unpaired) electrons. The molecule has 0 aromatic heterocycles. The fourth-order valence-corrected chi connectivity index (χ4v) is 4.02. The first-order valence-electron chi connectivity index (χ1n) is 7.61. The molecule has 1 aromatic carbocycles. The average molecular weight is 377 g/mol. The summed E-state index contributed by atoms with van der Waals surface area (Å²) in [6, 6.07) is 3.95. The normalized spacial score (nSPS) is 25.8. The molecule has 1 amide bonds. The number of amides is 1. The standard InChI is InChI=1S/C16H18ClFN2O3.ClH/c17-11-3-4-12(18)13(6-11)19-14(21)8-20-7-10-2-1-5-16(10,9-20)15(22)23;/h3-4,6,10H,1-2,5,7-9H2,(H,19,21)(H,22,23);1H/t10-,16+;/m0./s1. The van der Waals surface area contributed by atoms with Crippen LogP contribution in [0.2, 0.25) is 5.02 Å². The third-order valence-electron chi connectivity index (χ3n) is 4.94. The van der Waals surface area contributed by atoms with E-state index in [0.717, 1.165) is 12.8 Å². The molecule has 1 aliphatic carbocycles. The molecule has 1 aromatic rings. The summed E-state index contributed by atoms with van der Waals surface area (Å²) in [5.74, 6) is -1.60. The van der Waals surface area contributed by atoms with Gasteiger partial charge in [-0.25, -0.2) is 4.39 Å². The molecular weight excluding hydrogens is 358 g/mol. The van der Waals surface area contributed by atoms with Gasteiger partial charge in [0.25, 0.3) is 0 Å². The Morgan fingerprint density at radius 3 is 2.88 bits per heavy atom. The van der Waals surface area contributed by atoms with Crippen LogP contribution < -0.4 is 5.32 Å². The Morgan fingerprint density at radius 2 is 2.21 bits per heavy atom. The summed E-state index contributed by atoms with van der Waals surface area (Å²) in [5, 5.41) is 12.4. The van der Waals surface area contributed by atoms with Gasteiger partial charge in [0.1, 0.15) is 5.82 Å². The van der Waals surface area contributed by atoms with Gasteiger partial charge in [-0.15, -0.1) is 12.4 Å². The molecule has 0 bridgehead atoms. The molecule has 1 saturated heterocycles. The summed E-state index contributed by atoms with van der Waals surface area (Å²) >= 11 is 5.79. The number of carbonyl (C=O) groups is 2. The Labute approximate surface area is 150 Å². The number of anilines is 1. The molecule has 2 aliphatic rings. The van der Waals surface area contributed by atoms with Crippen molar-refractivity contribution in [2.75, 3.05) is 25.0 Å². The van der Waals surface area contributed by atoms with Crippen molar-refractivity contribution >= 4 is 41.6 Å². The molecule has 8 heteroatoms. The monoisotopic (exact) mass is 376 g/mol. The minimum atomic E-state index is -0.774. The molecule has 1 aliphatic heterocycles. The van der Waals surface area contributed by atoms with Gasteiger partial charge >= 0.3 is 5.97 Å². The van der Waals surface area contributed by atoms with Gasteiger partial charge in [-0.05, 0) is 37.0 Å². The quantitative estimate of drug-likeness (QED) is 0.847. The summed E-state index contributed by atoms with van der Waals surface area (Å²) in [5.41, 5.74) is -0.684. The number of carbonyl (C=O) groups excluding carboxylic acids is 1. The first-order valence-corrected chi connectivity index (χ1v) is 7.99. The van der Waals surface area contributed by atoms with Crippen molar-refractivity contribution in [3.63, 3.8) is 0 Å². The molecule has 24 heavy (non-hydrogen) atoms. The number of fused-ring (bicyclic) bond motifs is 1. The number of hydrogen-bond acceptors (Lipinski definition) is 3. The second-order valence-corrected chi connectivity index (χ2v) is 6.83. The summed E-state index contributed by atoms with van der Waals surface area (Å²) in [4.78, 5) is 25.6. The Morgan fingerprint density at radius 1 is 1.46 bits per heavy atom. The third-order valence-corrected chi connectivity index (χ3v) is 5.17. The van der Waals surface area contributed by atoms with E-state index in [0.29, 0.717) is 24.5 Å². The van der Waals surface area contributed by atoms with Gasteiger partial charge in [0.2, 0.25) is 5.91 Å². The van der Waals surface area contributed by atoms with Crippen molar-refractivity contribution in [1.82, 2.24) is 4.90 Å². The van der Waals surface area contributed by atoms with Crippen molar-refractivity contribution < 1.29 is 19.1 Å². The number of rotatable bonds is 4. The Kier molecular flexibility index (Phi) is 5.73. The lowest BCUT2D eigenvalue weighted by molar-refractivity contribution is -0.149. The van der Waals surface area contributed by atoms with E-state index in [1.165, 1.54) is 18.2 Å². The van der Waals surface area contributed by atoms with Gasteiger partial charge in [-0.1, -0.05) is 18.0 Å². The molecule has 3 rings (SSSR count). The lowest BCUT2D eigenvalue weighted by atomic mass is 9.81. The van der Waals surface area contributed by atoms with Crippen LogP contribution in [-0.4, -0.2) is 41.5 Å². The van der Waals surface area contributed by atoms with Crippen molar-refractivity contribution in [3.05, 3.63) is 29.0 Å². The number of aliphatic carboxylic acids is 1. The van der Waals surface area contributed by atoms with Crippen LogP contribution in [-0.2, 0) is 9.59 Å². The zero-order valence-electron chi connectivity index (χ0n) is 12.9. The fraction of sp³-hybridized carbons (Fsp3) is 0.500. The predicted molar refractivity (Wildman–Crippen MR) is 91.1 cm³/mol. The highest BCUT2D eigenvalue weighted by Gasteiger charge is 2.54. The van der Waals surface area contributed by atoms with E-state index in [-0.39, 0.29) is 36.5 Å². The van der Waals surface area contributed by atoms with E-state index in [4.69, 9.17) is 11.6 Å². The molecule has 2 N–H and O–H groups in total. The minimum absolute atomic E-state index is 0. The van der Waals surface area contributed by atoms with Gasteiger partial charge in [0.15, 0.2) is 0 Å². The molecule has 0 unspecified atom stereocenters. The number of benzene rings is 1. The first-order chi connectivity index (χ1) is 10.9. The highest BCUT2D eigenvalue weighted by Crippen LogP contribution is 2.48. The number of carboxylic acid groups (broad SMARTS) is 1.